The second-order valence-electron chi connectivity index (χ2n) is 9.38. The lowest BCUT2D eigenvalue weighted by molar-refractivity contribution is -0.117. The van der Waals surface area contributed by atoms with Crippen LogP contribution in [0, 0.1) is 5.92 Å². The summed E-state index contributed by atoms with van der Waals surface area (Å²) in [7, 11) is 2.12. The van der Waals surface area contributed by atoms with Crippen LogP contribution >= 0.6 is 0 Å². The third-order valence-electron chi connectivity index (χ3n) is 6.92. The van der Waals surface area contributed by atoms with Crippen LogP contribution in [0.3, 0.4) is 0 Å². The van der Waals surface area contributed by atoms with Crippen LogP contribution in [0.15, 0.2) is 48.5 Å². The van der Waals surface area contributed by atoms with E-state index >= 15 is 0 Å². The van der Waals surface area contributed by atoms with Gasteiger partial charge in [0.15, 0.2) is 0 Å². The summed E-state index contributed by atoms with van der Waals surface area (Å²) < 4.78 is 0. The molecule has 3 fully saturated rings. The number of likely N-dealkylation sites (N-methyl/N-ethyl adjacent to an activating group) is 1. The molecule has 168 valence electrons. The first-order chi connectivity index (χ1) is 15.6. The monoisotopic (exact) mass is 432 g/mol. The molecule has 6 heteroatoms. The largest absolute Gasteiger partial charge is 0.371 e. The molecule has 1 aliphatic carbocycles. The zero-order valence-corrected chi connectivity index (χ0v) is 18.8. The molecule has 2 heterocycles. The third kappa shape index (κ3) is 4.37. The van der Waals surface area contributed by atoms with Crippen LogP contribution in [0.2, 0.25) is 0 Å². The fourth-order valence-electron chi connectivity index (χ4n) is 4.88. The molecule has 0 bridgehead atoms. The summed E-state index contributed by atoms with van der Waals surface area (Å²) in [5.41, 5.74) is 3.65. The van der Waals surface area contributed by atoms with Crippen LogP contribution in [0.25, 0.3) is 0 Å². The minimum absolute atomic E-state index is 0.0307. The summed E-state index contributed by atoms with van der Waals surface area (Å²) in [5, 5.41) is 3.06. The van der Waals surface area contributed by atoms with E-state index in [-0.39, 0.29) is 23.8 Å². The van der Waals surface area contributed by atoms with E-state index in [0.717, 1.165) is 68.8 Å². The highest BCUT2D eigenvalue weighted by Crippen LogP contribution is 2.34. The molecule has 0 spiro atoms. The van der Waals surface area contributed by atoms with E-state index in [4.69, 9.17) is 0 Å². The average molecular weight is 433 g/mol. The molecule has 2 aromatic rings. The lowest BCUT2D eigenvalue weighted by Gasteiger charge is -2.41. The van der Waals surface area contributed by atoms with Gasteiger partial charge in [0, 0.05) is 44.3 Å². The molecule has 1 saturated carbocycles. The average Bonchev–Trinajstić information content (AvgIpc) is 3.53. The zero-order chi connectivity index (χ0) is 22.1. The molecule has 2 amide bonds. The first-order valence-electron chi connectivity index (χ1n) is 11.8. The van der Waals surface area contributed by atoms with Gasteiger partial charge < -0.3 is 20.0 Å². The van der Waals surface area contributed by atoms with Gasteiger partial charge in [0.25, 0.3) is 5.91 Å². The van der Waals surface area contributed by atoms with E-state index in [2.05, 4.69) is 34.3 Å². The molecule has 3 aliphatic rings. The third-order valence-corrected chi connectivity index (χ3v) is 6.92. The van der Waals surface area contributed by atoms with Gasteiger partial charge in [-0.2, -0.15) is 0 Å². The predicted octanol–water partition coefficient (Wildman–Crippen LogP) is 3.76. The van der Waals surface area contributed by atoms with Gasteiger partial charge in [-0.3, -0.25) is 9.59 Å². The summed E-state index contributed by atoms with van der Waals surface area (Å²) in [4.78, 5) is 32.8. The van der Waals surface area contributed by atoms with Crippen LogP contribution in [0.4, 0.5) is 11.4 Å². The Hall–Kier alpha value is -2.86. The van der Waals surface area contributed by atoms with E-state index in [9.17, 15) is 9.59 Å². The van der Waals surface area contributed by atoms with Gasteiger partial charge in [-0.25, -0.2) is 0 Å². The van der Waals surface area contributed by atoms with Crippen molar-refractivity contribution in [3.63, 3.8) is 0 Å². The topological polar surface area (TPSA) is 55.9 Å². The van der Waals surface area contributed by atoms with Gasteiger partial charge in [0.05, 0.1) is 17.3 Å². The summed E-state index contributed by atoms with van der Waals surface area (Å²) in [5.74, 6) is 0.331. The van der Waals surface area contributed by atoms with Gasteiger partial charge in [-0.15, -0.1) is 0 Å². The molecule has 6 nitrogen and oxygen atoms in total. The van der Waals surface area contributed by atoms with Crippen molar-refractivity contribution < 1.29 is 9.59 Å². The highest BCUT2D eigenvalue weighted by atomic mass is 16.2. The van der Waals surface area contributed by atoms with Gasteiger partial charge in [-0.05, 0) is 56.5 Å². The molecule has 0 radical (unpaired) electrons. The summed E-state index contributed by atoms with van der Waals surface area (Å²) in [6.45, 7) is 4.29. The maximum atomic E-state index is 13.9. The van der Waals surface area contributed by atoms with Crippen molar-refractivity contribution in [2.24, 2.45) is 5.92 Å². The Bertz CT molecular complexity index is 983. The number of nitrogens with one attached hydrogen (secondary N) is 1. The van der Waals surface area contributed by atoms with Gasteiger partial charge in [0.1, 0.15) is 0 Å². The zero-order valence-electron chi connectivity index (χ0n) is 18.8. The van der Waals surface area contributed by atoms with Crippen molar-refractivity contribution in [3.8, 4) is 0 Å². The van der Waals surface area contributed by atoms with E-state index in [1.807, 2.05) is 41.3 Å². The molecule has 2 saturated heterocycles. The van der Waals surface area contributed by atoms with E-state index < -0.39 is 0 Å². The SMILES string of the molecule is CN1CCN(C(=O)c2ccc(NC(=O)C3CC3)cc2N2CCCC2)C(c2ccccc2)C1. The van der Waals surface area contributed by atoms with Crippen LogP contribution in [0.5, 0.6) is 0 Å². The molecule has 1 atom stereocenters. The molecule has 2 aromatic carbocycles. The fraction of sp³-hybridized carbons (Fsp3) is 0.462. The fourth-order valence-corrected chi connectivity index (χ4v) is 4.88. The predicted molar refractivity (Wildman–Crippen MR) is 127 cm³/mol. The number of amides is 2. The van der Waals surface area contributed by atoms with Crippen molar-refractivity contribution in [1.82, 2.24) is 9.80 Å². The number of anilines is 2. The smallest absolute Gasteiger partial charge is 0.256 e. The summed E-state index contributed by atoms with van der Waals surface area (Å²) in [6.07, 6.45) is 4.22. The minimum atomic E-state index is 0.0307. The number of carbonyl (C=O) groups excluding carboxylic acids is 2. The second kappa shape index (κ2) is 8.94. The molecule has 5 rings (SSSR count). The Morgan fingerprint density at radius 1 is 0.938 bits per heavy atom. The molecular weight excluding hydrogens is 400 g/mol. The number of rotatable bonds is 5. The summed E-state index contributed by atoms with van der Waals surface area (Å²) in [6, 6.07) is 16.2. The van der Waals surface area contributed by atoms with E-state index in [1.165, 1.54) is 5.56 Å². The number of hydrogen-bond donors (Lipinski definition) is 1. The number of benzene rings is 2. The van der Waals surface area contributed by atoms with E-state index in [0.29, 0.717) is 6.54 Å². The van der Waals surface area contributed by atoms with Crippen molar-refractivity contribution in [3.05, 3.63) is 59.7 Å². The number of piperazine rings is 1. The summed E-state index contributed by atoms with van der Waals surface area (Å²) >= 11 is 0. The van der Waals surface area contributed by atoms with Gasteiger partial charge in [0.2, 0.25) is 5.91 Å². The first-order valence-corrected chi connectivity index (χ1v) is 11.8. The first kappa shape index (κ1) is 21.0. The number of carbonyl (C=O) groups is 2. The quantitative estimate of drug-likeness (QED) is 0.782. The normalized spacial score (nSPS) is 21.6. The van der Waals surface area contributed by atoms with Crippen LogP contribution in [-0.4, -0.2) is 61.4 Å². The number of nitrogens with zero attached hydrogens (tertiary/aromatic N) is 3. The van der Waals surface area contributed by atoms with Crippen LogP contribution < -0.4 is 10.2 Å². The lowest BCUT2D eigenvalue weighted by atomic mass is 10.0. The Balaban J connectivity index is 1.46. The standard InChI is InChI=1S/C26H32N4O2/c1-28-15-16-30(24(18-28)19-7-3-2-4-8-19)26(32)22-12-11-21(27-25(31)20-9-10-20)17-23(22)29-13-5-6-14-29/h2-4,7-8,11-12,17,20,24H,5-6,9-10,13-16,18H2,1H3,(H,27,31). The Morgan fingerprint density at radius 2 is 1.69 bits per heavy atom. The molecule has 2 aliphatic heterocycles. The Labute approximate surface area is 190 Å². The number of hydrogen-bond acceptors (Lipinski definition) is 4. The van der Waals surface area contributed by atoms with Crippen molar-refractivity contribution in [2.75, 3.05) is 50.0 Å². The second-order valence-corrected chi connectivity index (χ2v) is 9.38. The highest BCUT2D eigenvalue weighted by molar-refractivity contribution is 6.02. The molecular formula is C26H32N4O2. The van der Waals surface area contributed by atoms with Crippen LogP contribution in [0.1, 0.15) is 47.6 Å². The molecule has 0 aromatic heterocycles. The molecule has 1 N–H and O–H groups in total. The van der Waals surface area contributed by atoms with Crippen LogP contribution in [-0.2, 0) is 4.79 Å². The lowest BCUT2D eigenvalue weighted by Crippen LogP contribution is -2.49. The van der Waals surface area contributed by atoms with Crippen molar-refractivity contribution in [2.45, 2.75) is 31.7 Å². The molecule has 1 unspecified atom stereocenters. The van der Waals surface area contributed by atoms with Crippen molar-refractivity contribution >= 4 is 23.2 Å². The Morgan fingerprint density at radius 3 is 2.41 bits per heavy atom. The molecule has 32 heavy (non-hydrogen) atoms. The van der Waals surface area contributed by atoms with Gasteiger partial charge >= 0.3 is 0 Å². The Kier molecular flexibility index (Phi) is 5.87. The maximum Gasteiger partial charge on any atom is 0.256 e. The maximum absolute atomic E-state index is 13.9. The highest BCUT2D eigenvalue weighted by Gasteiger charge is 2.33. The van der Waals surface area contributed by atoms with Gasteiger partial charge in [-0.1, -0.05) is 30.3 Å². The van der Waals surface area contributed by atoms with E-state index in [1.54, 1.807) is 0 Å². The van der Waals surface area contributed by atoms with Crippen molar-refractivity contribution in [1.29, 1.82) is 0 Å². The minimum Gasteiger partial charge on any atom is -0.371 e.